The summed E-state index contributed by atoms with van der Waals surface area (Å²) in [7, 11) is 1.38. The molecule has 0 aliphatic carbocycles. The predicted octanol–water partition coefficient (Wildman–Crippen LogP) is 2.94. The molecular formula is C9H9BrF3NO. The van der Waals surface area contributed by atoms with Crippen molar-refractivity contribution in [3.63, 3.8) is 0 Å². The van der Waals surface area contributed by atoms with Crippen LogP contribution in [0.25, 0.3) is 0 Å². The molecule has 0 heterocycles. The minimum absolute atomic E-state index is 0.00824. The summed E-state index contributed by atoms with van der Waals surface area (Å²) < 4.78 is 42.4. The maximum Gasteiger partial charge on any atom is 0.416 e. The molecule has 1 rings (SSSR count). The Morgan fingerprint density at radius 1 is 1.40 bits per heavy atom. The van der Waals surface area contributed by atoms with E-state index in [4.69, 9.17) is 10.5 Å². The van der Waals surface area contributed by atoms with Gasteiger partial charge in [-0.25, -0.2) is 0 Å². The second kappa shape index (κ2) is 4.40. The zero-order chi connectivity index (χ0) is 11.6. The summed E-state index contributed by atoms with van der Waals surface area (Å²) in [6.07, 6.45) is -4.38. The Balaban J connectivity index is 3.32. The third kappa shape index (κ3) is 2.63. The number of hydrogen-bond donors (Lipinski definition) is 1. The Bertz CT molecular complexity index is 365. The molecule has 6 heteroatoms. The monoisotopic (exact) mass is 283 g/mol. The van der Waals surface area contributed by atoms with Gasteiger partial charge in [-0.2, -0.15) is 13.2 Å². The molecule has 2 nitrogen and oxygen atoms in total. The Hall–Kier alpha value is -0.750. The van der Waals surface area contributed by atoms with Crippen molar-refractivity contribution in [2.24, 2.45) is 5.73 Å². The Kier molecular flexibility index (Phi) is 3.62. The first-order valence-electron chi connectivity index (χ1n) is 4.03. The van der Waals surface area contributed by atoms with Gasteiger partial charge in [0.1, 0.15) is 5.75 Å². The first-order valence-corrected chi connectivity index (χ1v) is 4.83. The average Bonchev–Trinajstić information content (AvgIpc) is 2.15. The highest BCUT2D eigenvalue weighted by Crippen LogP contribution is 2.37. The Morgan fingerprint density at radius 3 is 2.40 bits per heavy atom. The summed E-state index contributed by atoms with van der Waals surface area (Å²) in [5.41, 5.74) is 4.92. The van der Waals surface area contributed by atoms with Crippen molar-refractivity contribution in [2.75, 3.05) is 7.11 Å². The summed E-state index contributed by atoms with van der Waals surface area (Å²) in [5, 5.41) is 0. The summed E-state index contributed by atoms with van der Waals surface area (Å²) in [5.74, 6) is 0.338. The predicted molar refractivity (Wildman–Crippen MR) is 53.6 cm³/mol. The molecule has 1 aromatic carbocycles. The second-order valence-corrected chi connectivity index (χ2v) is 3.71. The zero-order valence-electron chi connectivity index (χ0n) is 7.86. The number of halogens is 4. The molecule has 0 aliphatic heterocycles. The SMILES string of the molecule is COc1c(Br)cc(C(F)(F)F)cc1CN. The molecule has 0 amide bonds. The molecule has 0 saturated carbocycles. The van der Waals surface area contributed by atoms with Crippen LogP contribution in [0.1, 0.15) is 11.1 Å². The van der Waals surface area contributed by atoms with E-state index in [1.54, 1.807) is 0 Å². The van der Waals surface area contributed by atoms with Gasteiger partial charge >= 0.3 is 6.18 Å². The number of methoxy groups -OCH3 is 1. The van der Waals surface area contributed by atoms with Crippen molar-refractivity contribution in [1.29, 1.82) is 0 Å². The van der Waals surface area contributed by atoms with Crippen LogP contribution in [0.15, 0.2) is 16.6 Å². The number of ether oxygens (including phenoxy) is 1. The van der Waals surface area contributed by atoms with Gasteiger partial charge in [0.15, 0.2) is 0 Å². The maximum absolute atomic E-state index is 12.4. The summed E-state index contributed by atoms with van der Waals surface area (Å²) in [6.45, 7) is -0.00824. The lowest BCUT2D eigenvalue weighted by Gasteiger charge is -2.13. The molecule has 0 saturated heterocycles. The first kappa shape index (κ1) is 12.3. The van der Waals surface area contributed by atoms with E-state index in [1.165, 1.54) is 7.11 Å². The maximum atomic E-state index is 12.4. The largest absolute Gasteiger partial charge is 0.495 e. The molecule has 84 valence electrons. The standard InChI is InChI=1S/C9H9BrF3NO/c1-15-8-5(4-14)2-6(3-7(8)10)9(11,12)13/h2-3H,4,14H2,1H3. The number of hydrogen-bond acceptors (Lipinski definition) is 2. The molecule has 0 unspecified atom stereocenters. The highest BCUT2D eigenvalue weighted by molar-refractivity contribution is 9.10. The number of alkyl halides is 3. The molecule has 1 aromatic rings. The van der Waals surface area contributed by atoms with Crippen LogP contribution in [-0.2, 0) is 12.7 Å². The van der Waals surface area contributed by atoms with Crippen molar-refractivity contribution < 1.29 is 17.9 Å². The van der Waals surface area contributed by atoms with Crippen molar-refractivity contribution >= 4 is 15.9 Å². The lowest BCUT2D eigenvalue weighted by molar-refractivity contribution is -0.137. The van der Waals surface area contributed by atoms with Crippen LogP contribution in [0, 0.1) is 0 Å². The van der Waals surface area contributed by atoms with Crippen molar-refractivity contribution in [2.45, 2.75) is 12.7 Å². The Morgan fingerprint density at radius 2 is 2.00 bits per heavy atom. The molecule has 0 spiro atoms. The number of nitrogens with two attached hydrogens (primary N) is 1. The molecule has 0 atom stereocenters. The fourth-order valence-electron chi connectivity index (χ4n) is 1.19. The average molecular weight is 284 g/mol. The van der Waals surface area contributed by atoms with E-state index in [0.29, 0.717) is 11.3 Å². The van der Waals surface area contributed by atoms with Crippen LogP contribution in [0.4, 0.5) is 13.2 Å². The van der Waals surface area contributed by atoms with Crippen LogP contribution >= 0.6 is 15.9 Å². The summed E-state index contributed by atoms with van der Waals surface area (Å²) in [4.78, 5) is 0. The van der Waals surface area contributed by atoms with E-state index >= 15 is 0 Å². The van der Waals surface area contributed by atoms with E-state index in [0.717, 1.165) is 12.1 Å². The van der Waals surface area contributed by atoms with E-state index in [-0.39, 0.29) is 11.0 Å². The number of benzene rings is 1. The van der Waals surface area contributed by atoms with Gasteiger partial charge in [-0.05, 0) is 28.1 Å². The van der Waals surface area contributed by atoms with Crippen LogP contribution in [0.3, 0.4) is 0 Å². The highest BCUT2D eigenvalue weighted by atomic mass is 79.9. The minimum atomic E-state index is -4.38. The second-order valence-electron chi connectivity index (χ2n) is 2.85. The van der Waals surface area contributed by atoms with Gasteiger partial charge in [0.2, 0.25) is 0 Å². The van der Waals surface area contributed by atoms with Gasteiger partial charge in [-0.1, -0.05) is 0 Å². The topological polar surface area (TPSA) is 35.2 Å². The molecule has 15 heavy (non-hydrogen) atoms. The van der Waals surface area contributed by atoms with Crippen LogP contribution < -0.4 is 10.5 Å². The van der Waals surface area contributed by atoms with Crippen molar-refractivity contribution in [3.8, 4) is 5.75 Å². The quantitative estimate of drug-likeness (QED) is 0.906. The van der Waals surface area contributed by atoms with Gasteiger partial charge in [0, 0.05) is 12.1 Å². The minimum Gasteiger partial charge on any atom is -0.495 e. The molecule has 2 N–H and O–H groups in total. The third-order valence-electron chi connectivity index (χ3n) is 1.87. The molecule has 0 radical (unpaired) electrons. The smallest absolute Gasteiger partial charge is 0.416 e. The molecule has 0 aliphatic rings. The normalized spacial score (nSPS) is 11.6. The summed E-state index contributed by atoms with van der Waals surface area (Å²) in [6, 6.07) is 1.96. The lowest BCUT2D eigenvalue weighted by atomic mass is 10.1. The van der Waals surface area contributed by atoms with E-state index in [9.17, 15) is 13.2 Å². The van der Waals surface area contributed by atoms with Crippen LogP contribution in [0.5, 0.6) is 5.75 Å². The van der Waals surface area contributed by atoms with E-state index in [1.807, 2.05) is 0 Å². The van der Waals surface area contributed by atoms with E-state index < -0.39 is 11.7 Å². The van der Waals surface area contributed by atoms with E-state index in [2.05, 4.69) is 15.9 Å². The fraction of sp³-hybridized carbons (Fsp3) is 0.333. The first-order chi connectivity index (χ1) is 6.90. The summed E-state index contributed by atoms with van der Waals surface area (Å²) >= 11 is 3.01. The van der Waals surface area contributed by atoms with Gasteiger partial charge in [0.25, 0.3) is 0 Å². The Labute approximate surface area is 93.3 Å². The molecular weight excluding hydrogens is 275 g/mol. The number of rotatable bonds is 2. The molecule has 0 bridgehead atoms. The highest BCUT2D eigenvalue weighted by Gasteiger charge is 2.32. The van der Waals surface area contributed by atoms with Crippen molar-refractivity contribution in [1.82, 2.24) is 0 Å². The fourth-order valence-corrected chi connectivity index (χ4v) is 1.86. The van der Waals surface area contributed by atoms with Crippen molar-refractivity contribution in [3.05, 3.63) is 27.7 Å². The third-order valence-corrected chi connectivity index (χ3v) is 2.46. The van der Waals surface area contributed by atoms with Crippen LogP contribution in [0.2, 0.25) is 0 Å². The van der Waals surface area contributed by atoms with Crippen LogP contribution in [-0.4, -0.2) is 7.11 Å². The van der Waals surface area contributed by atoms with Gasteiger partial charge < -0.3 is 10.5 Å². The van der Waals surface area contributed by atoms with Gasteiger partial charge in [-0.3, -0.25) is 0 Å². The van der Waals surface area contributed by atoms with Gasteiger partial charge in [0.05, 0.1) is 17.1 Å². The lowest BCUT2D eigenvalue weighted by Crippen LogP contribution is -2.08. The van der Waals surface area contributed by atoms with Gasteiger partial charge in [-0.15, -0.1) is 0 Å². The zero-order valence-corrected chi connectivity index (χ0v) is 9.45. The molecule has 0 aromatic heterocycles. The molecule has 0 fully saturated rings.